The lowest BCUT2D eigenvalue weighted by Gasteiger charge is -2.47. The number of carbonyl (C=O) groups excluding carboxylic acids is 3. The summed E-state index contributed by atoms with van der Waals surface area (Å²) in [4.78, 5) is 38.7. The van der Waals surface area contributed by atoms with Gasteiger partial charge in [-0.15, -0.1) is 0 Å². The summed E-state index contributed by atoms with van der Waals surface area (Å²) in [5.74, 6) is -1.07. The van der Waals surface area contributed by atoms with Crippen LogP contribution in [-0.2, 0) is 14.4 Å². The highest BCUT2D eigenvalue weighted by Gasteiger charge is 2.77. The molecule has 0 aromatic rings. The SMILES string of the molecule is CC1(C)CC(NC(=O)[C@@]23CC[C@@](C)(C(=O)C2=O)C3(C)C)CC(C)(C)N1. The Morgan fingerprint density at radius 3 is 1.88 bits per heavy atom. The minimum atomic E-state index is -1.20. The van der Waals surface area contributed by atoms with E-state index in [1.807, 2.05) is 20.8 Å². The van der Waals surface area contributed by atoms with E-state index in [-0.39, 0.29) is 28.8 Å². The van der Waals surface area contributed by atoms with Crippen molar-refractivity contribution in [2.45, 2.75) is 91.3 Å². The number of Topliss-reactive ketones (excluding diaryl/α,β-unsaturated/α-hetero) is 2. The fourth-order valence-corrected chi connectivity index (χ4v) is 6.01. The summed E-state index contributed by atoms with van der Waals surface area (Å²) >= 11 is 0. The monoisotopic (exact) mass is 348 g/mol. The van der Waals surface area contributed by atoms with Crippen molar-refractivity contribution < 1.29 is 14.4 Å². The van der Waals surface area contributed by atoms with E-state index in [0.717, 1.165) is 12.8 Å². The maximum absolute atomic E-state index is 13.3. The van der Waals surface area contributed by atoms with Crippen molar-refractivity contribution in [2.75, 3.05) is 0 Å². The standard InChI is InChI=1S/C20H32N2O3/c1-16(2)10-12(11-17(3,4)22-16)21-15(25)20-9-8-19(7,18(20,5)6)13(23)14(20)24/h12,22H,8-11H2,1-7H3,(H,21,25)/t19-,20+/m0/s1. The van der Waals surface area contributed by atoms with E-state index in [9.17, 15) is 14.4 Å². The van der Waals surface area contributed by atoms with Crippen LogP contribution in [0.15, 0.2) is 0 Å². The molecule has 2 saturated carbocycles. The first-order valence-corrected chi connectivity index (χ1v) is 9.38. The third kappa shape index (κ3) is 2.27. The second-order valence-corrected chi connectivity index (χ2v) is 10.5. The van der Waals surface area contributed by atoms with Gasteiger partial charge in [0.1, 0.15) is 5.41 Å². The zero-order valence-electron chi connectivity index (χ0n) is 16.6. The van der Waals surface area contributed by atoms with Gasteiger partial charge >= 0.3 is 0 Å². The number of amides is 1. The average molecular weight is 348 g/mol. The fourth-order valence-electron chi connectivity index (χ4n) is 6.01. The number of fused-ring (bicyclic) bond motifs is 2. The Hall–Kier alpha value is -1.23. The lowest BCUT2D eigenvalue weighted by Crippen LogP contribution is -2.63. The molecule has 3 fully saturated rings. The zero-order valence-corrected chi connectivity index (χ0v) is 16.6. The van der Waals surface area contributed by atoms with Crippen molar-refractivity contribution in [2.24, 2.45) is 16.2 Å². The molecular weight excluding hydrogens is 316 g/mol. The Balaban J connectivity index is 1.89. The van der Waals surface area contributed by atoms with Gasteiger partial charge in [-0.2, -0.15) is 0 Å². The first-order valence-electron chi connectivity index (χ1n) is 9.38. The molecule has 0 unspecified atom stereocenters. The third-order valence-electron chi connectivity index (χ3n) is 7.45. The second-order valence-electron chi connectivity index (χ2n) is 10.5. The molecule has 2 bridgehead atoms. The molecule has 2 atom stereocenters. The van der Waals surface area contributed by atoms with Crippen molar-refractivity contribution in [1.29, 1.82) is 0 Å². The van der Waals surface area contributed by atoms with Crippen LogP contribution in [0.4, 0.5) is 0 Å². The number of hydrogen-bond acceptors (Lipinski definition) is 4. The zero-order chi connectivity index (χ0) is 19.1. The van der Waals surface area contributed by atoms with Gasteiger partial charge in [0.15, 0.2) is 0 Å². The first kappa shape index (κ1) is 18.6. The Kier molecular flexibility index (Phi) is 3.66. The van der Waals surface area contributed by atoms with E-state index < -0.39 is 22.0 Å². The van der Waals surface area contributed by atoms with E-state index in [4.69, 9.17) is 0 Å². The highest BCUT2D eigenvalue weighted by molar-refractivity contribution is 6.48. The number of carbonyl (C=O) groups is 3. The smallest absolute Gasteiger partial charge is 0.235 e. The van der Waals surface area contributed by atoms with Gasteiger partial charge in [0.05, 0.1) is 0 Å². The lowest BCUT2D eigenvalue weighted by atomic mass is 9.64. The third-order valence-corrected chi connectivity index (χ3v) is 7.45. The summed E-state index contributed by atoms with van der Waals surface area (Å²) in [6.07, 6.45) is 2.70. The Morgan fingerprint density at radius 1 is 0.920 bits per heavy atom. The topological polar surface area (TPSA) is 75.3 Å². The molecule has 1 aliphatic heterocycles. The summed E-state index contributed by atoms with van der Waals surface area (Å²) in [6, 6.07) is -0.000664. The van der Waals surface area contributed by atoms with Gasteiger partial charge < -0.3 is 10.6 Å². The molecule has 0 aromatic heterocycles. The molecule has 1 amide bonds. The van der Waals surface area contributed by atoms with Crippen LogP contribution < -0.4 is 10.6 Å². The van der Waals surface area contributed by atoms with Crippen LogP contribution in [0.1, 0.15) is 74.1 Å². The molecule has 3 aliphatic rings. The van der Waals surface area contributed by atoms with Crippen LogP contribution in [0.5, 0.6) is 0 Å². The van der Waals surface area contributed by atoms with Gasteiger partial charge in [-0.25, -0.2) is 0 Å². The molecular formula is C20H32N2O3. The molecule has 140 valence electrons. The Morgan fingerprint density at radius 2 is 1.44 bits per heavy atom. The molecule has 1 saturated heterocycles. The van der Waals surface area contributed by atoms with Crippen LogP contribution in [0.2, 0.25) is 0 Å². The predicted molar refractivity (Wildman–Crippen MR) is 96.0 cm³/mol. The van der Waals surface area contributed by atoms with Gasteiger partial charge in [-0.1, -0.05) is 20.8 Å². The van der Waals surface area contributed by atoms with Crippen molar-refractivity contribution >= 4 is 17.5 Å². The molecule has 25 heavy (non-hydrogen) atoms. The van der Waals surface area contributed by atoms with Gasteiger partial charge in [-0.3, -0.25) is 14.4 Å². The van der Waals surface area contributed by atoms with E-state index in [0.29, 0.717) is 12.8 Å². The van der Waals surface area contributed by atoms with Crippen LogP contribution in [0, 0.1) is 16.2 Å². The molecule has 0 spiro atoms. The quantitative estimate of drug-likeness (QED) is 0.593. The van der Waals surface area contributed by atoms with E-state index in [1.54, 1.807) is 0 Å². The second kappa shape index (κ2) is 4.93. The van der Waals surface area contributed by atoms with Crippen molar-refractivity contribution in [3.63, 3.8) is 0 Å². The van der Waals surface area contributed by atoms with Crippen molar-refractivity contribution in [1.82, 2.24) is 10.6 Å². The Bertz CT molecular complexity index is 648. The normalized spacial score (nSPS) is 38.8. The maximum atomic E-state index is 13.3. The molecule has 5 nitrogen and oxygen atoms in total. The largest absolute Gasteiger partial charge is 0.352 e. The van der Waals surface area contributed by atoms with Crippen LogP contribution in [0.25, 0.3) is 0 Å². The molecule has 2 aliphatic carbocycles. The van der Waals surface area contributed by atoms with E-state index >= 15 is 0 Å². The van der Waals surface area contributed by atoms with Crippen LogP contribution in [0.3, 0.4) is 0 Å². The number of rotatable bonds is 2. The summed E-state index contributed by atoms with van der Waals surface area (Å²) in [7, 11) is 0. The molecule has 0 radical (unpaired) electrons. The van der Waals surface area contributed by atoms with Crippen LogP contribution in [-0.4, -0.2) is 34.6 Å². The van der Waals surface area contributed by atoms with Gasteiger partial charge in [-0.05, 0) is 58.8 Å². The number of ketones is 2. The summed E-state index contributed by atoms with van der Waals surface area (Å²) in [6.45, 7) is 14.2. The molecule has 2 N–H and O–H groups in total. The summed E-state index contributed by atoms with van der Waals surface area (Å²) in [5, 5.41) is 6.76. The molecule has 5 heteroatoms. The number of hydrogen-bond donors (Lipinski definition) is 2. The van der Waals surface area contributed by atoms with Crippen molar-refractivity contribution in [3.8, 4) is 0 Å². The molecule has 3 rings (SSSR count). The van der Waals surface area contributed by atoms with Gasteiger partial charge in [0.25, 0.3) is 0 Å². The minimum Gasteiger partial charge on any atom is -0.352 e. The minimum absolute atomic E-state index is 0.000664. The molecule has 1 heterocycles. The van der Waals surface area contributed by atoms with E-state index in [1.165, 1.54) is 0 Å². The number of piperidine rings is 1. The van der Waals surface area contributed by atoms with Crippen LogP contribution >= 0.6 is 0 Å². The maximum Gasteiger partial charge on any atom is 0.235 e. The predicted octanol–water partition coefficient (Wildman–Crippen LogP) is 2.38. The lowest BCUT2D eigenvalue weighted by molar-refractivity contribution is -0.149. The summed E-state index contributed by atoms with van der Waals surface area (Å²) in [5.41, 5.74) is -2.73. The fraction of sp³-hybridized carbons (Fsp3) is 0.850. The van der Waals surface area contributed by atoms with E-state index in [2.05, 4.69) is 38.3 Å². The highest BCUT2D eigenvalue weighted by Crippen LogP contribution is 2.69. The van der Waals surface area contributed by atoms with Crippen molar-refractivity contribution in [3.05, 3.63) is 0 Å². The number of nitrogens with one attached hydrogen (secondary N) is 2. The molecule has 0 aromatic carbocycles. The van der Waals surface area contributed by atoms with Gasteiger partial charge in [0.2, 0.25) is 17.5 Å². The summed E-state index contributed by atoms with van der Waals surface area (Å²) < 4.78 is 0. The Labute approximate surface area is 150 Å². The average Bonchev–Trinajstić information content (AvgIpc) is 2.67. The van der Waals surface area contributed by atoms with Gasteiger partial charge in [0, 0.05) is 22.5 Å². The highest BCUT2D eigenvalue weighted by atomic mass is 16.2. The first-order chi connectivity index (χ1) is 11.2.